The highest BCUT2D eigenvalue weighted by atomic mass is 15.3. The minimum atomic E-state index is 0.149. The molecule has 0 spiro atoms. The van der Waals surface area contributed by atoms with Crippen molar-refractivity contribution in [3.8, 4) is 0 Å². The molecular weight excluding hydrogens is 162 g/mol. The van der Waals surface area contributed by atoms with Gasteiger partial charge in [-0.2, -0.15) is 5.10 Å². The first-order valence-corrected chi connectivity index (χ1v) is 4.40. The van der Waals surface area contributed by atoms with E-state index in [1.54, 1.807) is 0 Å². The zero-order chi connectivity index (χ0) is 9.90. The lowest BCUT2D eigenvalue weighted by atomic mass is 9.90. The third-order valence-electron chi connectivity index (χ3n) is 1.94. The van der Waals surface area contributed by atoms with Gasteiger partial charge in [0.15, 0.2) is 0 Å². The summed E-state index contributed by atoms with van der Waals surface area (Å²) < 4.78 is 1.83. The Morgan fingerprint density at radius 2 is 2.23 bits per heavy atom. The summed E-state index contributed by atoms with van der Waals surface area (Å²) in [4.78, 5) is 3.29. The second kappa shape index (κ2) is 3.61. The van der Waals surface area contributed by atoms with E-state index in [0.29, 0.717) is 13.1 Å². The molecule has 1 rings (SSSR count). The van der Waals surface area contributed by atoms with E-state index in [9.17, 15) is 0 Å². The van der Waals surface area contributed by atoms with E-state index >= 15 is 0 Å². The molecule has 0 saturated heterocycles. The molecule has 0 amide bonds. The van der Waals surface area contributed by atoms with Gasteiger partial charge in [0.1, 0.15) is 6.54 Å². The number of hydrogen-bond acceptors (Lipinski definition) is 1. The first kappa shape index (κ1) is 9.79. The van der Waals surface area contributed by atoms with Gasteiger partial charge in [-0.3, -0.25) is 4.68 Å². The van der Waals surface area contributed by atoms with Crippen LogP contribution >= 0.6 is 0 Å². The molecule has 1 heterocycles. The van der Waals surface area contributed by atoms with E-state index in [-0.39, 0.29) is 5.41 Å². The minimum Gasteiger partial charge on any atom is -0.315 e. The maximum atomic E-state index is 6.67. The van der Waals surface area contributed by atoms with Crippen molar-refractivity contribution in [3.05, 3.63) is 29.4 Å². The molecule has 0 saturated carbocycles. The van der Waals surface area contributed by atoms with Gasteiger partial charge in [0, 0.05) is 6.20 Å². The first-order chi connectivity index (χ1) is 6.04. The normalized spacial score (nSPS) is 11.2. The molecule has 1 aromatic heterocycles. The van der Waals surface area contributed by atoms with Crippen molar-refractivity contribution in [2.75, 3.05) is 6.54 Å². The molecule has 0 aliphatic rings. The topological polar surface area (TPSA) is 22.2 Å². The molecule has 0 aliphatic carbocycles. The maximum absolute atomic E-state index is 6.67. The third kappa shape index (κ3) is 2.59. The van der Waals surface area contributed by atoms with E-state index in [0.717, 1.165) is 0 Å². The van der Waals surface area contributed by atoms with Crippen LogP contribution in [-0.4, -0.2) is 16.3 Å². The Bertz CT molecular complexity index is 312. The summed E-state index contributed by atoms with van der Waals surface area (Å²) in [5.41, 5.74) is 1.37. The minimum absolute atomic E-state index is 0.149. The van der Waals surface area contributed by atoms with Gasteiger partial charge in [0.05, 0.1) is 6.20 Å². The number of hydrogen-bond donors (Lipinski definition) is 0. The summed E-state index contributed by atoms with van der Waals surface area (Å²) in [7, 11) is 0. The third-order valence-corrected chi connectivity index (χ3v) is 1.94. The summed E-state index contributed by atoms with van der Waals surface area (Å²) in [6, 6.07) is 0. The van der Waals surface area contributed by atoms with E-state index in [2.05, 4.69) is 30.7 Å². The van der Waals surface area contributed by atoms with Crippen LogP contribution in [-0.2, 0) is 12.0 Å². The van der Waals surface area contributed by atoms with Gasteiger partial charge in [-0.25, -0.2) is 6.57 Å². The van der Waals surface area contributed by atoms with Gasteiger partial charge in [-0.15, -0.1) is 0 Å². The molecule has 1 aromatic rings. The Morgan fingerprint density at radius 3 is 2.69 bits per heavy atom. The van der Waals surface area contributed by atoms with Crippen molar-refractivity contribution < 1.29 is 0 Å². The lowest BCUT2D eigenvalue weighted by Crippen LogP contribution is -2.09. The summed E-state index contributed by atoms with van der Waals surface area (Å²) in [6.07, 6.45) is 3.90. The van der Waals surface area contributed by atoms with Crippen LogP contribution in [0, 0.1) is 6.57 Å². The lowest BCUT2D eigenvalue weighted by molar-refractivity contribution is 0.586. The van der Waals surface area contributed by atoms with Crippen molar-refractivity contribution in [2.24, 2.45) is 0 Å². The van der Waals surface area contributed by atoms with Crippen LogP contribution < -0.4 is 0 Å². The standard InChI is InChI=1S/C10H15N3/c1-10(2,3)9-7-12-13(8-9)6-5-11-4/h7-8H,5-6H2,1-3H3. The van der Waals surface area contributed by atoms with Crippen molar-refractivity contribution >= 4 is 0 Å². The van der Waals surface area contributed by atoms with Crippen molar-refractivity contribution in [3.63, 3.8) is 0 Å². The molecule has 0 aromatic carbocycles. The molecule has 70 valence electrons. The van der Waals surface area contributed by atoms with E-state index in [4.69, 9.17) is 6.57 Å². The highest BCUT2D eigenvalue weighted by Gasteiger charge is 2.15. The molecule has 0 atom stereocenters. The Labute approximate surface area is 79.2 Å². The fourth-order valence-electron chi connectivity index (χ4n) is 1.03. The molecule has 0 aliphatic heterocycles. The lowest BCUT2D eigenvalue weighted by Gasteiger charge is -2.14. The van der Waals surface area contributed by atoms with Crippen LogP contribution in [0.4, 0.5) is 0 Å². The average Bonchev–Trinajstić information content (AvgIpc) is 2.47. The Balaban J connectivity index is 2.71. The van der Waals surface area contributed by atoms with Gasteiger partial charge >= 0.3 is 0 Å². The van der Waals surface area contributed by atoms with Crippen LogP contribution in [0.15, 0.2) is 12.4 Å². The fraction of sp³-hybridized carbons (Fsp3) is 0.600. The van der Waals surface area contributed by atoms with E-state index in [1.807, 2.05) is 17.1 Å². The van der Waals surface area contributed by atoms with Crippen molar-refractivity contribution in [1.29, 1.82) is 0 Å². The van der Waals surface area contributed by atoms with Gasteiger partial charge in [0.25, 0.3) is 0 Å². The highest BCUT2D eigenvalue weighted by Crippen LogP contribution is 2.20. The molecule has 0 bridgehead atoms. The highest BCUT2D eigenvalue weighted by molar-refractivity contribution is 5.14. The number of rotatable bonds is 2. The van der Waals surface area contributed by atoms with Gasteiger partial charge in [-0.1, -0.05) is 20.8 Å². The predicted molar refractivity (Wildman–Crippen MR) is 52.4 cm³/mol. The van der Waals surface area contributed by atoms with E-state index < -0.39 is 0 Å². The Hall–Kier alpha value is -1.30. The summed E-state index contributed by atoms with van der Waals surface area (Å²) in [6.45, 7) is 14.3. The summed E-state index contributed by atoms with van der Waals surface area (Å²) in [5, 5.41) is 4.19. The van der Waals surface area contributed by atoms with Gasteiger partial charge in [-0.05, 0) is 11.0 Å². The zero-order valence-corrected chi connectivity index (χ0v) is 8.41. The molecule has 0 fully saturated rings. The maximum Gasteiger partial charge on any atom is 0.234 e. The monoisotopic (exact) mass is 177 g/mol. The first-order valence-electron chi connectivity index (χ1n) is 4.40. The van der Waals surface area contributed by atoms with Crippen LogP contribution in [0.3, 0.4) is 0 Å². The van der Waals surface area contributed by atoms with Crippen molar-refractivity contribution in [2.45, 2.75) is 32.7 Å². The average molecular weight is 177 g/mol. The van der Waals surface area contributed by atoms with Gasteiger partial charge in [0.2, 0.25) is 6.54 Å². The van der Waals surface area contributed by atoms with Crippen molar-refractivity contribution in [1.82, 2.24) is 9.78 Å². The Morgan fingerprint density at radius 1 is 1.54 bits per heavy atom. The Kier molecular flexibility index (Phi) is 2.72. The fourth-order valence-corrected chi connectivity index (χ4v) is 1.03. The van der Waals surface area contributed by atoms with Crippen LogP contribution in [0.25, 0.3) is 4.85 Å². The molecule has 0 unspecified atom stereocenters. The second-order valence-electron chi connectivity index (χ2n) is 4.12. The second-order valence-corrected chi connectivity index (χ2v) is 4.12. The smallest absolute Gasteiger partial charge is 0.234 e. The summed E-state index contributed by atoms with van der Waals surface area (Å²) in [5.74, 6) is 0. The quantitative estimate of drug-likeness (QED) is 0.634. The molecule has 3 nitrogen and oxygen atoms in total. The van der Waals surface area contributed by atoms with E-state index in [1.165, 1.54) is 5.56 Å². The molecule has 3 heteroatoms. The largest absolute Gasteiger partial charge is 0.315 e. The molecular formula is C10H15N3. The number of nitrogens with zero attached hydrogens (tertiary/aromatic N) is 3. The summed E-state index contributed by atoms with van der Waals surface area (Å²) >= 11 is 0. The van der Waals surface area contributed by atoms with Crippen LogP contribution in [0.5, 0.6) is 0 Å². The van der Waals surface area contributed by atoms with Crippen LogP contribution in [0.1, 0.15) is 26.3 Å². The number of aromatic nitrogens is 2. The SMILES string of the molecule is [C-]#[N+]CCn1cc(C(C)(C)C)cn1. The molecule has 0 N–H and O–H groups in total. The van der Waals surface area contributed by atoms with Crippen LogP contribution in [0.2, 0.25) is 0 Å². The van der Waals surface area contributed by atoms with Gasteiger partial charge < -0.3 is 4.85 Å². The molecule has 0 radical (unpaired) electrons. The molecule has 13 heavy (non-hydrogen) atoms. The zero-order valence-electron chi connectivity index (χ0n) is 8.41. The predicted octanol–water partition coefficient (Wildman–Crippen LogP) is 2.10.